The fraction of sp³-hybridized carbons (Fsp3) is 0.850. The van der Waals surface area contributed by atoms with Crippen molar-refractivity contribution in [2.45, 2.75) is 168 Å². The molecule has 270 valence electrons. The molecule has 2 unspecified atom stereocenters. The average Bonchev–Trinajstić information content (AvgIpc) is 3.30. The van der Waals surface area contributed by atoms with Crippen molar-refractivity contribution in [1.82, 2.24) is 4.90 Å². The summed E-state index contributed by atoms with van der Waals surface area (Å²) in [5.74, 6) is 1.50. The van der Waals surface area contributed by atoms with Crippen molar-refractivity contribution >= 4 is 16.6 Å². The molecule has 3 nitrogen and oxygen atoms in total. The van der Waals surface area contributed by atoms with Crippen LogP contribution in [0.15, 0.2) is 35.5 Å². The number of rotatable bonds is 9. The maximum Gasteiger partial charge on any atom is 0.241 e. The van der Waals surface area contributed by atoms with Gasteiger partial charge in [-0.1, -0.05) is 79.7 Å². The molecule has 4 fully saturated rings. The van der Waals surface area contributed by atoms with Gasteiger partial charge in [-0.25, -0.2) is 8.78 Å². The molecular formula is C40H71F2NO2Si2. The van der Waals surface area contributed by atoms with Crippen LogP contribution in [-0.2, 0) is 8.85 Å². The normalized spacial score (nSPS) is 33.2. The summed E-state index contributed by atoms with van der Waals surface area (Å²) in [7, 11) is -3.95. The van der Waals surface area contributed by atoms with Gasteiger partial charge in [0.25, 0.3) is 0 Å². The molecule has 3 saturated carbocycles. The van der Waals surface area contributed by atoms with Crippen LogP contribution in [0.5, 0.6) is 0 Å². The Morgan fingerprint density at radius 3 is 2.11 bits per heavy atom. The highest BCUT2D eigenvalue weighted by atomic mass is 28.4. The highest BCUT2D eigenvalue weighted by molar-refractivity contribution is 6.74. The van der Waals surface area contributed by atoms with E-state index in [9.17, 15) is 8.78 Å². The van der Waals surface area contributed by atoms with Crippen molar-refractivity contribution in [1.29, 1.82) is 0 Å². The number of nitrogens with zero attached hydrogens (tertiary/aromatic N) is 1. The van der Waals surface area contributed by atoms with Gasteiger partial charge in [-0.3, -0.25) is 0 Å². The third-order valence-electron chi connectivity index (χ3n) is 14.0. The Labute approximate surface area is 290 Å². The van der Waals surface area contributed by atoms with E-state index in [1.54, 1.807) is 5.57 Å². The number of hydrogen-bond acceptors (Lipinski definition) is 3. The summed E-state index contributed by atoms with van der Waals surface area (Å²) in [6.07, 6.45) is 12.3. The van der Waals surface area contributed by atoms with E-state index >= 15 is 0 Å². The monoisotopic (exact) mass is 691 g/mol. The van der Waals surface area contributed by atoms with Crippen LogP contribution in [0.4, 0.5) is 8.78 Å². The zero-order valence-electron chi connectivity index (χ0n) is 32.4. The molecule has 0 N–H and O–H groups in total. The van der Waals surface area contributed by atoms with Gasteiger partial charge >= 0.3 is 0 Å². The molecule has 1 heterocycles. The molecule has 4 rings (SSSR count). The topological polar surface area (TPSA) is 21.7 Å². The first-order valence-corrected chi connectivity index (χ1v) is 24.8. The lowest BCUT2D eigenvalue weighted by molar-refractivity contribution is 0.0227. The standard InChI is InChI=1S/C40H71F2NO2Si2/c1-28(27-43-23-20-31(21-24-43)37(41)42)34-18-19-35-30(15-14-22-40(34,35)9)16-17-32-25-33(44-46(10,11)38(3,4)5)26-36(29(32)2)45-47(12,13)39(6,7)8/h16-17,28,31,33-37H,2,14-15,18-27H2,1,3-13H3/b30-16+,32-17-/t28-,33?,34-,35+,36?,40-/m1/s1. The smallest absolute Gasteiger partial charge is 0.241 e. The molecule has 0 amide bonds. The minimum absolute atomic E-state index is 0.00292. The van der Waals surface area contributed by atoms with Crippen molar-refractivity contribution in [2.75, 3.05) is 19.6 Å². The molecule has 0 aromatic heterocycles. The van der Waals surface area contributed by atoms with E-state index in [2.05, 4.69) is 105 Å². The molecule has 47 heavy (non-hydrogen) atoms. The second kappa shape index (κ2) is 14.6. The molecule has 6 atom stereocenters. The van der Waals surface area contributed by atoms with Gasteiger partial charge < -0.3 is 13.8 Å². The van der Waals surface area contributed by atoms with Crippen LogP contribution in [0.25, 0.3) is 0 Å². The number of fused-ring (bicyclic) bond motifs is 1. The number of likely N-dealkylation sites (tertiary alicyclic amines) is 1. The minimum Gasteiger partial charge on any atom is -0.413 e. The number of halogens is 2. The minimum atomic E-state index is -2.16. The Morgan fingerprint density at radius 2 is 1.53 bits per heavy atom. The fourth-order valence-corrected chi connectivity index (χ4v) is 11.6. The Bertz CT molecular complexity index is 1160. The van der Waals surface area contributed by atoms with Crippen molar-refractivity contribution in [3.8, 4) is 0 Å². The molecule has 1 saturated heterocycles. The van der Waals surface area contributed by atoms with Crippen LogP contribution in [-0.4, -0.2) is 59.8 Å². The van der Waals surface area contributed by atoms with Crippen molar-refractivity contribution in [3.05, 3.63) is 35.5 Å². The van der Waals surface area contributed by atoms with Crippen LogP contribution in [0.2, 0.25) is 36.3 Å². The van der Waals surface area contributed by atoms with Gasteiger partial charge in [0, 0.05) is 18.9 Å². The van der Waals surface area contributed by atoms with Crippen molar-refractivity contribution < 1.29 is 17.6 Å². The summed E-state index contributed by atoms with van der Waals surface area (Å²) in [4.78, 5) is 2.48. The molecule has 3 aliphatic carbocycles. The number of alkyl halides is 2. The third-order valence-corrected chi connectivity index (χ3v) is 23.0. The van der Waals surface area contributed by atoms with Gasteiger partial charge in [0.1, 0.15) is 0 Å². The highest BCUT2D eigenvalue weighted by Gasteiger charge is 2.51. The summed E-state index contributed by atoms with van der Waals surface area (Å²) in [5.41, 5.74) is 4.42. The Balaban J connectivity index is 1.53. The lowest BCUT2D eigenvalue weighted by Gasteiger charge is -2.46. The second-order valence-corrected chi connectivity index (χ2v) is 28.8. The predicted octanol–water partition coefficient (Wildman–Crippen LogP) is 11.8. The zero-order valence-corrected chi connectivity index (χ0v) is 34.4. The third kappa shape index (κ3) is 8.83. The van der Waals surface area contributed by atoms with Crippen molar-refractivity contribution in [2.24, 2.45) is 29.1 Å². The zero-order chi connectivity index (χ0) is 35.2. The Morgan fingerprint density at radius 1 is 0.936 bits per heavy atom. The van der Waals surface area contributed by atoms with E-state index in [-0.39, 0.29) is 22.3 Å². The van der Waals surface area contributed by atoms with E-state index in [0.717, 1.165) is 38.0 Å². The first-order chi connectivity index (χ1) is 21.6. The lowest BCUT2D eigenvalue weighted by Crippen LogP contribution is -2.49. The van der Waals surface area contributed by atoms with Crippen LogP contribution in [0, 0.1) is 29.1 Å². The van der Waals surface area contributed by atoms with E-state index in [1.807, 2.05) is 0 Å². The Hall–Kier alpha value is -0.606. The van der Waals surface area contributed by atoms with E-state index in [1.165, 1.54) is 37.7 Å². The first-order valence-electron chi connectivity index (χ1n) is 19.0. The van der Waals surface area contributed by atoms with Gasteiger partial charge in [0.05, 0.1) is 12.2 Å². The average molecular weight is 692 g/mol. The number of allylic oxidation sites excluding steroid dienone is 3. The summed E-state index contributed by atoms with van der Waals surface area (Å²) >= 11 is 0. The maximum atomic E-state index is 13.2. The molecule has 4 aliphatic rings. The van der Waals surface area contributed by atoms with E-state index < -0.39 is 29.0 Å². The van der Waals surface area contributed by atoms with Crippen LogP contribution < -0.4 is 0 Å². The van der Waals surface area contributed by atoms with Gasteiger partial charge in [-0.2, -0.15) is 0 Å². The molecule has 0 spiro atoms. The first kappa shape index (κ1) is 39.2. The van der Waals surface area contributed by atoms with Crippen LogP contribution >= 0.6 is 0 Å². The summed E-state index contributed by atoms with van der Waals surface area (Å²) in [5, 5.41) is 0.297. The van der Waals surface area contributed by atoms with Crippen LogP contribution in [0.1, 0.15) is 113 Å². The molecule has 0 aromatic rings. The molecule has 7 heteroatoms. The second-order valence-electron chi connectivity index (χ2n) is 19.3. The molecular weight excluding hydrogens is 621 g/mol. The Kier molecular flexibility index (Phi) is 12.1. The summed E-state index contributed by atoms with van der Waals surface area (Å²) in [6.45, 7) is 35.8. The van der Waals surface area contributed by atoms with Crippen LogP contribution in [0.3, 0.4) is 0 Å². The molecule has 1 aliphatic heterocycles. The number of hydrogen-bond donors (Lipinski definition) is 0. The maximum absolute atomic E-state index is 13.2. The molecule has 0 aromatic carbocycles. The van der Waals surface area contributed by atoms with Gasteiger partial charge in [-0.05, 0) is 135 Å². The summed E-state index contributed by atoms with van der Waals surface area (Å²) < 4.78 is 40.7. The van der Waals surface area contributed by atoms with E-state index in [0.29, 0.717) is 36.0 Å². The lowest BCUT2D eigenvalue weighted by atomic mass is 9.61. The fourth-order valence-electron chi connectivity index (χ4n) is 8.90. The highest BCUT2D eigenvalue weighted by Crippen LogP contribution is 2.59. The SMILES string of the molecule is C=C1/C(=C\C=C2/CCC[C@]3(C)[C@@H]([C@H](C)CN4CCC(C(F)F)CC4)CC[C@@H]23)CC(O[Si](C)(C)C(C)(C)C)CC1O[Si](C)(C)C(C)(C)C. The van der Waals surface area contributed by atoms with Gasteiger partial charge in [0.15, 0.2) is 16.6 Å². The quantitative estimate of drug-likeness (QED) is 0.225. The van der Waals surface area contributed by atoms with E-state index in [4.69, 9.17) is 8.85 Å². The van der Waals surface area contributed by atoms with Gasteiger partial charge in [0.2, 0.25) is 6.43 Å². The molecule has 0 radical (unpaired) electrons. The predicted molar refractivity (Wildman–Crippen MR) is 201 cm³/mol. The van der Waals surface area contributed by atoms with Gasteiger partial charge in [-0.15, -0.1) is 0 Å². The largest absolute Gasteiger partial charge is 0.413 e. The van der Waals surface area contributed by atoms with Crippen molar-refractivity contribution in [3.63, 3.8) is 0 Å². The summed E-state index contributed by atoms with van der Waals surface area (Å²) in [6, 6.07) is 0. The number of piperidine rings is 1. The molecule has 0 bridgehead atoms.